The van der Waals surface area contributed by atoms with E-state index in [1.54, 1.807) is 12.3 Å². The summed E-state index contributed by atoms with van der Waals surface area (Å²) in [7, 11) is 0. The highest BCUT2D eigenvalue weighted by Gasteiger charge is 2.14. The van der Waals surface area contributed by atoms with Gasteiger partial charge in [-0.3, -0.25) is 5.32 Å². The Labute approximate surface area is 156 Å². The number of urea groups is 1. The predicted molar refractivity (Wildman–Crippen MR) is 109 cm³/mol. The van der Waals surface area contributed by atoms with E-state index in [2.05, 4.69) is 66.8 Å². The van der Waals surface area contributed by atoms with Gasteiger partial charge in [-0.15, -0.1) is 0 Å². The smallest absolute Gasteiger partial charge is 0.320 e. The van der Waals surface area contributed by atoms with Crippen LogP contribution in [0.4, 0.5) is 22.0 Å². The maximum Gasteiger partial charge on any atom is 0.320 e. The molecular weight excluding hydrogens is 324 g/mol. The summed E-state index contributed by atoms with van der Waals surface area (Å²) in [5.74, 6) is 1.37. The maximum absolute atomic E-state index is 11.8. The quantitative estimate of drug-likeness (QED) is 0.632. The van der Waals surface area contributed by atoms with Crippen LogP contribution >= 0.6 is 0 Å². The Bertz CT molecular complexity index is 710. The highest BCUT2D eigenvalue weighted by Crippen LogP contribution is 2.34. The van der Waals surface area contributed by atoms with Crippen LogP contribution in [-0.4, -0.2) is 17.1 Å². The van der Waals surface area contributed by atoms with Crippen LogP contribution in [0.1, 0.15) is 64.5 Å². The summed E-state index contributed by atoms with van der Waals surface area (Å²) in [6, 6.07) is 10.0. The minimum atomic E-state index is -0.250. The van der Waals surface area contributed by atoms with E-state index in [1.807, 2.05) is 19.9 Å². The SMILES string of the molecule is CC(C)NC(=O)Nc1ccc(Nc2c(C(C)C)cccc2C(C)C)cn1. The topological polar surface area (TPSA) is 66.1 Å². The number of benzene rings is 1. The number of rotatable bonds is 6. The minimum Gasteiger partial charge on any atom is -0.354 e. The van der Waals surface area contributed by atoms with E-state index in [4.69, 9.17) is 0 Å². The molecule has 3 N–H and O–H groups in total. The molecule has 0 unspecified atom stereocenters. The molecule has 0 saturated heterocycles. The van der Waals surface area contributed by atoms with Crippen molar-refractivity contribution in [1.82, 2.24) is 10.3 Å². The van der Waals surface area contributed by atoms with Crippen molar-refractivity contribution in [2.24, 2.45) is 0 Å². The summed E-state index contributed by atoms with van der Waals surface area (Å²) >= 11 is 0. The van der Waals surface area contributed by atoms with Crippen molar-refractivity contribution in [2.45, 2.75) is 59.4 Å². The van der Waals surface area contributed by atoms with Crippen molar-refractivity contribution in [3.05, 3.63) is 47.7 Å². The summed E-state index contributed by atoms with van der Waals surface area (Å²) < 4.78 is 0. The van der Waals surface area contributed by atoms with E-state index in [1.165, 1.54) is 11.1 Å². The largest absolute Gasteiger partial charge is 0.354 e. The van der Waals surface area contributed by atoms with E-state index < -0.39 is 0 Å². The molecule has 5 heteroatoms. The van der Waals surface area contributed by atoms with Gasteiger partial charge < -0.3 is 10.6 Å². The predicted octanol–water partition coefficient (Wildman–Crippen LogP) is 5.60. The fourth-order valence-electron chi connectivity index (χ4n) is 2.80. The molecule has 1 aromatic heterocycles. The highest BCUT2D eigenvalue weighted by atomic mass is 16.2. The van der Waals surface area contributed by atoms with E-state index in [-0.39, 0.29) is 12.1 Å². The Kier molecular flexibility index (Phi) is 6.61. The van der Waals surface area contributed by atoms with E-state index in [0.717, 1.165) is 11.4 Å². The second kappa shape index (κ2) is 8.70. The van der Waals surface area contributed by atoms with Crippen LogP contribution in [0.3, 0.4) is 0 Å². The molecule has 0 saturated carbocycles. The van der Waals surface area contributed by atoms with Gasteiger partial charge in [-0.2, -0.15) is 0 Å². The first-order valence-corrected chi connectivity index (χ1v) is 9.21. The first-order valence-electron chi connectivity index (χ1n) is 9.21. The van der Waals surface area contributed by atoms with Gasteiger partial charge >= 0.3 is 6.03 Å². The molecule has 140 valence electrons. The molecule has 2 amide bonds. The Morgan fingerprint density at radius 1 is 0.923 bits per heavy atom. The molecule has 0 bridgehead atoms. The summed E-state index contributed by atoms with van der Waals surface area (Å²) in [4.78, 5) is 16.1. The highest BCUT2D eigenvalue weighted by molar-refractivity contribution is 5.88. The molecule has 0 aliphatic carbocycles. The van der Waals surface area contributed by atoms with Crippen LogP contribution in [0.2, 0.25) is 0 Å². The molecule has 1 aromatic carbocycles. The third-order valence-electron chi connectivity index (χ3n) is 4.07. The summed E-state index contributed by atoms with van der Waals surface area (Å²) in [6.45, 7) is 12.6. The van der Waals surface area contributed by atoms with E-state index in [0.29, 0.717) is 17.7 Å². The number of hydrogen-bond donors (Lipinski definition) is 3. The number of amides is 2. The first kappa shape index (κ1) is 19.8. The van der Waals surface area contributed by atoms with Crippen molar-refractivity contribution in [3.63, 3.8) is 0 Å². The van der Waals surface area contributed by atoms with Crippen molar-refractivity contribution in [3.8, 4) is 0 Å². The number of nitrogens with one attached hydrogen (secondary N) is 3. The lowest BCUT2D eigenvalue weighted by Crippen LogP contribution is -2.34. The van der Waals surface area contributed by atoms with Gasteiger partial charge in [0, 0.05) is 11.7 Å². The molecule has 0 radical (unpaired) electrons. The van der Waals surface area contributed by atoms with Gasteiger partial charge in [0.05, 0.1) is 11.9 Å². The number of pyridine rings is 1. The Morgan fingerprint density at radius 3 is 2.00 bits per heavy atom. The molecule has 2 aromatic rings. The van der Waals surface area contributed by atoms with Gasteiger partial charge in [-0.25, -0.2) is 9.78 Å². The molecule has 2 rings (SSSR count). The Balaban J connectivity index is 2.20. The standard InChI is InChI=1S/C21H30N4O/c1-13(2)17-8-7-9-18(14(3)4)20(17)24-16-10-11-19(22-12-16)25-21(26)23-15(5)6/h7-15,24H,1-6H3,(H2,22,23,25,26). The number of aromatic nitrogens is 1. The Hall–Kier alpha value is -2.56. The minimum absolute atomic E-state index is 0.0814. The average Bonchev–Trinajstić information content (AvgIpc) is 2.55. The van der Waals surface area contributed by atoms with Crippen LogP contribution < -0.4 is 16.0 Å². The lowest BCUT2D eigenvalue weighted by Gasteiger charge is -2.21. The first-order chi connectivity index (χ1) is 12.3. The van der Waals surface area contributed by atoms with Gasteiger partial charge in [0.25, 0.3) is 0 Å². The fraction of sp³-hybridized carbons (Fsp3) is 0.429. The number of nitrogens with zero attached hydrogens (tertiary/aromatic N) is 1. The normalized spacial score (nSPS) is 11.1. The summed E-state index contributed by atoms with van der Waals surface area (Å²) in [5.41, 5.74) is 4.62. The molecule has 0 fully saturated rings. The van der Waals surface area contributed by atoms with Crippen molar-refractivity contribution >= 4 is 23.2 Å². The van der Waals surface area contributed by atoms with E-state index >= 15 is 0 Å². The fourth-order valence-corrected chi connectivity index (χ4v) is 2.80. The van der Waals surface area contributed by atoms with Crippen molar-refractivity contribution in [1.29, 1.82) is 0 Å². The number of hydrogen-bond acceptors (Lipinski definition) is 3. The molecular formula is C21H30N4O. The number of anilines is 3. The molecule has 0 atom stereocenters. The molecule has 0 aliphatic rings. The number of carbonyl (C=O) groups is 1. The van der Waals surface area contributed by atoms with Gasteiger partial charge in [-0.1, -0.05) is 45.9 Å². The van der Waals surface area contributed by atoms with Crippen LogP contribution in [0.5, 0.6) is 0 Å². The van der Waals surface area contributed by atoms with Crippen LogP contribution in [-0.2, 0) is 0 Å². The zero-order chi connectivity index (χ0) is 19.3. The number of para-hydroxylation sites is 1. The zero-order valence-corrected chi connectivity index (χ0v) is 16.6. The third kappa shape index (κ3) is 5.22. The monoisotopic (exact) mass is 354 g/mol. The molecule has 5 nitrogen and oxygen atoms in total. The van der Waals surface area contributed by atoms with Gasteiger partial charge in [0.2, 0.25) is 0 Å². The maximum atomic E-state index is 11.8. The second-order valence-electron chi connectivity index (χ2n) is 7.43. The van der Waals surface area contributed by atoms with Crippen LogP contribution in [0, 0.1) is 0 Å². The van der Waals surface area contributed by atoms with Crippen molar-refractivity contribution < 1.29 is 4.79 Å². The lowest BCUT2D eigenvalue weighted by molar-refractivity contribution is 0.250. The number of carbonyl (C=O) groups excluding carboxylic acids is 1. The Morgan fingerprint density at radius 2 is 1.54 bits per heavy atom. The molecule has 26 heavy (non-hydrogen) atoms. The molecule has 1 heterocycles. The average molecular weight is 354 g/mol. The van der Waals surface area contributed by atoms with Gasteiger partial charge in [-0.05, 0) is 48.9 Å². The van der Waals surface area contributed by atoms with Gasteiger partial charge in [0.15, 0.2) is 0 Å². The van der Waals surface area contributed by atoms with Crippen LogP contribution in [0.15, 0.2) is 36.5 Å². The van der Waals surface area contributed by atoms with E-state index in [9.17, 15) is 4.79 Å². The molecule has 0 aliphatic heterocycles. The lowest BCUT2D eigenvalue weighted by atomic mass is 9.92. The van der Waals surface area contributed by atoms with Gasteiger partial charge in [0.1, 0.15) is 5.82 Å². The summed E-state index contributed by atoms with van der Waals surface area (Å²) in [5, 5.41) is 9.04. The third-order valence-corrected chi connectivity index (χ3v) is 4.07. The summed E-state index contributed by atoms with van der Waals surface area (Å²) in [6.07, 6.45) is 1.74. The van der Waals surface area contributed by atoms with Crippen molar-refractivity contribution in [2.75, 3.05) is 10.6 Å². The zero-order valence-electron chi connectivity index (χ0n) is 16.6. The molecule has 0 spiro atoms. The van der Waals surface area contributed by atoms with Crippen LogP contribution in [0.25, 0.3) is 0 Å². The second-order valence-corrected chi connectivity index (χ2v) is 7.43.